The molecule has 0 bridgehead atoms. The lowest BCUT2D eigenvalue weighted by Gasteiger charge is -2.42. The SMILES string of the molecule is OC(CC1CC[N+]2(CCCC2)CC1)CC1CC[N+]2(CCCC2)CC1.[Br-].[Br-]. The van der Waals surface area contributed by atoms with Crippen LogP contribution in [0.4, 0.5) is 0 Å². The largest absolute Gasteiger partial charge is 1.00 e. The summed E-state index contributed by atoms with van der Waals surface area (Å²) < 4.78 is 2.85. The third-order valence-corrected chi connectivity index (χ3v) is 8.29. The van der Waals surface area contributed by atoms with Gasteiger partial charge in [-0.1, -0.05) is 0 Å². The molecule has 4 rings (SSSR count). The Balaban J connectivity index is 0.00000121. The molecule has 2 spiro atoms. The Morgan fingerprint density at radius 2 is 0.885 bits per heavy atom. The molecule has 0 unspecified atom stereocenters. The molecule has 5 heteroatoms. The number of halogens is 2. The molecule has 0 aromatic carbocycles. The normalized spacial score (nSPS) is 31.5. The molecule has 4 aliphatic heterocycles. The molecule has 26 heavy (non-hydrogen) atoms. The van der Waals surface area contributed by atoms with Crippen molar-refractivity contribution in [2.75, 3.05) is 52.4 Å². The van der Waals surface area contributed by atoms with Gasteiger partial charge < -0.3 is 48.0 Å². The molecule has 0 aromatic heterocycles. The maximum atomic E-state index is 10.7. The average molecular weight is 496 g/mol. The second-order valence-corrected chi connectivity index (χ2v) is 9.90. The maximum absolute atomic E-state index is 10.7. The van der Waals surface area contributed by atoms with Crippen LogP contribution in [0.5, 0.6) is 0 Å². The molecular formula is C21H40Br2N2O. The molecule has 0 saturated carbocycles. The van der Waals surface area contributed by atoms with Gasteiger partial charge in [0.2, 0.25) is 0 Å². The summed E-state index contributed by atoms with van der Waals surface area (Å²) in [6.07, 6.45) is 13.5. The zero-order chi connectivity index (χ0) is 16.5. The van der Waals surface area contributed by atoms with Crippen LogP contribution in [-0.2, 0) is 0 Å². The van der Waals surface area contributed by atoms with Gasteiger partial charge in [0.15, 0.2) is 0 Å². The Bertz CT molecular complexity index is 364. The molecule has 0 atom stereocenters. The van der Waals surface area contributed by atoms with Crippen molar-refractivity contribution >= 4 is 0 Å². The van der Waals surface area contributed by atoms with Crippen molar-refractivity contribution in [2.45, 2.75) is 70.3 Å². The summed E-state index contributed by atoms with van der Waals surface area (Å²) in [6.45, 7) is 11.4. The Kier molecular flexibility index (Phi) is 8.93. The van der Waals surface area contributed by atoms with E-state index in [0.717, 1.165) is 24.7 Å². The lowest BCUT2D eigenvalue weighted by molar-refractivity contribution is -0.922. The van der Waals surface area contributed by atoms with Crippen molar-refractivity contribution in [2.24, 2.45) is 11.8 Å². The minimum absolute atomic E-state index is 0. The topological polar surface area (TPSA) is 20.2 Å². The van der Waals surface area contributed by atoms with Gasteiger partial charge in [-0.25, -0.2) is 0 Å². The Morgan fingerprint density at radius 3 is 1.19 bits per heavy atom. The fourth-order valence-corrected chi connectivity index (χ4v) is 6.58. The molecule has 0 aliphatic carbocycles. The van der Waals surface area contributed by atoms with Crippen molar-refractivity contribution in [1.29, 1.82) is 0 Å². The van der Waals surface area contributed by atoms with E-state index in [9.17, 15) is 5.11 Å². The van der Waals surface area contributed by atoms with Crippen LogP contribution in [0.3, 0.4) is 0 Å². The van der Waals surface area contributed by atoms with E-state index in [1.165, 1.54) is 113 Å². The predicted molar refractivity (Wildman–Crippen MR) is 98.6 cm³/mol. The number of aliphatic hydroxyl groups excluding tert-OH is 1. The molecule has 4 heterocycles. The van der Waals surface area contributed by atoms with Crippen molar-refractivity contribution in [1.82, 2.24) is 0 Å². The number of aliphatic hydroxyl groups is 1. The van der Waals surface area contributed by atoms with Crippen LogP contribution in [0.15, 0.2) is 0 Å². The van der Waals surface area contributed by atoms with Crippen molar-refractivity contribution < 1.29 is 48.0 Å². The first-order chi connectivity index (χ1) is 11.7. The van der Waals surface area contributed by atoms with E-state index in [0.29, 0.717) is 0 Å². The van der Waals surface area contributed by atoms with Crippen molar-refractivity contribution in [3.63, 3.8) is 0 Å². The number of hydrogen-bond acceptors (Lipinski definition) is 1. The third kappa shape index (κ3) is 5.46. The monoisotopic (exact) mass is 494 g/mol. The minimum atomic E-state index is -0.0183. The van der Waals surface area contributed by atoms with E-state index in [2.05, 4.69) is 0 Å². The summed E-state index contributed by atoms with van der Waals surface area (Å²) in [5.74, 6) is 1.62. The van der Waals surface area contributed by atoms with Crippen molar-refractivity contribution in [3.05, 3.63) is 0 Å². The van der Waals surface area contributed by atoms with E-state index in [1.54, 1.807) is 0 Å². The lowest BCUT2D eigenvalue weighted by Crippen LogP contribution is -3.00. The number of hydrogen-bond donors (Lipinski definition) is 1. The summed E-state index contributed by atoms with van der Waals surface area (Å²) in [4.78, 5) is 0. The first kappa shape index (κ1) is 23.1. The van der Waals surface area contributed by atoms with Gasteiger partial charge in [-0.05, 0) is 50.4 Å². The third-order valence-electron chi connectivity index (χ3n) is 8.29. The van der Waals surface area contributed by atoms with Crippen LogP contribution in [0.25, 0.3) is 0 Å². The number of quaternary nitrogens is 2. The summed E-state index contributed by atoms with van der Waals surface area (Å²) in [6, 6.07) is 0. The second-order valence-electron chi connectivity index (χ2n) is 9.90. The molecule has 4 fully saturated rings. The summed E-state index contributed by atoms with van der Waals surface area (Å²) in [5, 5.41) is 10.7. The fourth-order valence-electron chi connectivity index (χ4n) is 6.58. The van der Waals surface area contributed by atoms with E-state index in [-0.39, 0.29) is 40.1 Å². The maximum Gasteiger partial charge on any atom is 0.0789 e. The highest BCUT2D eigenvalue weighted by atomic mass is 79.9. The molecule has 4 aliphatic rings. The van der Waals surface area contributed by atoms with Gasteiger partial charge in [0.05, 0.1) is 58.5 Å². The summed E-state index contributed by atoms with van der Waals surface area (Å²) >= 11 is 0. The van der Waals surface area contributed by atoms with Gasteiger partial charge in [0, 0.05) is 25.7 Å². The Hall–Kier alpha value is 0.840. The van der Waals surface area contributed by atoms with Gasteiger partial charge >= 0.3 is 0 Å². The van der Waals surface area contributed by atoms with Gasteiger partial charge in [0.25, 0.3) is 0 Å². The highest BCUT2D eigenvalue weighted by Crippen LogP contribution is 2.34. The number of piperidine rings is 2. The quantitative estimate of drug-likeness (QED) is 0.417. The van der Waals surface area contributed by atoms with Crippen LogP contribution in [0.1, 0.15) is 64.2 Å². The molecule has 0 aromatic rings. The molecule has 1 N–H and O–H groups in total. The summed E-state index contributed by atoms with van der Waals surface area (Å²) in [7, 11) is 0. The molecule has 154 valence electrons. The Labute approximate surface area is 182 Å². The fraction of sp³-hybridized carbons (Fsp3) is 1.00. The predicted octanol–water partition coefficient (Wildman–Crippen LogP) is -2.82. The first-order valence-electron chi connectivity index (χ1n) is 11.1. The van der Waals surface area contributed by atoms with E-state index < -0.39 is 0 Å². The van der Waals surface area contributed by atoms with Crippen LogP contribution < -0.4 is 34.0 Å². The number of rotatable bonds is 4. The molecule has 0 amide bonds. The lowest BCUT2D eigenvalue weighted by atomic mass is 9.84. The van der Waals surface area contributed by atoms with E-state index in [4.69, 9.17) is 0 Å². The zero-order valence-electron chi connectivity index (χ0n) is 16.6. The standard InChI is InChI=1S/C21H40N2O.2BrH/c24-21(17-19-5-13-22(14-6-19)9-1-2-10-22)18-20-7-15-23(16-8-20)11-3-4-12-23;;/h19-21,24H,1-18H2;2*1H/q+2;;/p-2. The first-order valence-corrected chi connectivity index (χ1v) is 11.1. The zero-order valence-corrected chi connectivity index (χ0v) is 19.7. The molecule has 4 saturated heterocycles. The van der Waals surface area contributed by atoms with Gasteiger partial charge in [-0.2, -0.15) is 0 Å². The number of nitrogens with zero attached hydrogens (tertiary/aromatic N) is 2. The van der Waals surface area contributed by atoms with Crippen LogP contribution in [0, 0.1) is 11.8 Å². The molecular weight excluding hydrogens is 456 g/mol. The van der Waals surface area contributed by atoms with Crippen LogP contribution in [-0.4, -0.2) is 72.5 Å². The van der Waals surface area contributed by atoms with Crippen molar-refractivity contribution in [3.8, 4) is 0 Å². The highest BCUT2D eigenvalue weighted by Gasteiger charge is 2.38. The van der Waals surface area contributed by atoms with Crippen LogP contribution in [0.2, 0.25) is 0 Å². The van der Waals surface area contributed by atoms with Gasteiger partial charge in [0.1, 0.15) is 0 Å². The van der Waals surface area contributed by atoms with Crippen LogP contribution >= 0.6 is 0 Å². The molecule has 3 nitrogen and oxygen atoms in total. The highest BCUT2D eigenvalue weighted by molar-refractivity contribution is 4.75. The van der Waals surface area contributed by atoms with Gasteiger partial charge in [-0.3, -0.25) is 0 Å². The average Bonchev–Trinajstić information content (AvgIpc) is 3.23. The Morgan fingerprint density at radius 1 is 0.577 bits per heavy atom. The van der Waals surface area contributed by atoms with Gasteiger partial charge in [-0.15, -0.1) is 0 Å². The second kappa shape index (κ2) is 10.0. The van der Waals surface area contributed by atoms with E-state index in [1.807, 2.05) is 0 Å². The van der Waals surface area contributed by atoms with E-state index >= 15 is 0 Å². The summed E-state index contributed by atoms with van der Waals surface area (Å²) in [5.41, 5.74) is 0. The smallest absolute Gasteiger partial charge is 0.0789 e. The minimum Gasteiger partial charge on any atom is -1.00 e. The molecule has 0 radical (unpaired) electrons.